The number of para-hydroxylation sites is 1. The number of rotatable bonds is 5. The predicted molar refractivity (Wildman–Crippen MR) is 143 cm³/mol. The molecule has 0 bridgehead atoms. The number of ether oxygens (including phenoxy) is 2. The van der Waals surface area contributed by atoms with Gasteiger partial charge in [-0.25, -0.2) is 0 Å². The summed E-state index contributed by atoms with van der Waals surface area (Å²) >= 11 is 3.99. The Morgan fingerprint density at radius 3 is 2.15 bits per heavy atom. The molecule has 5 rings (SSSR count). The van der Waals surface area contributed by atoms with Crippen LogP contribution in [0.25, 0.3) is 5.57 Å². The molecule has 0 aromatic heterocycles. The molecule has 1 unspecified atom stereocenters. The number of fused-ring (bicyclic) bond motifs is 2. The Morgan fingerprint density at radius 1 is 0.853 bits per heavy atom. The van der Waals surface area contributed by atoms with Crippen molar-refractivity contribution >= 4 is 32.9 Å². The summed E-state index contributed by atoms with van der Waals surface area (Å²) in [6.45, 7) is 0. The SMILES string of the molecule is COc1cccc2c1C(c1ccccc1)=C1C(=CC(N(C)C)=CC1(Br)OC)N2c1ccccc1. The smallest absolute Gasteiger partial charge is 0.171 e. The Hall–Kier alpha value is -3.28. The molecule has 1 aliphatic carbocycles. The summed E-state index contributed by atoms with van der Waals surface area (Å²) in [6, 6.07) is 27.1. The minimum Gasteiger partial charge on any atom is -0.496 e. The van der Waals surface area contributed by atoms with E-state index < -0.39 is 4.51 Å². The van der Waals surface area contributed by atoms with Gasteiger partial charge in [-0.2, -0.15) is 0 Å². The molecule has 0 fully saturated rings. The van der Waals surface area contributed by atoms with Crippen molar-refractivity contribution in [1.82, 2.24) is 4.90 Å². The fourth-order valence-electron chi connectivity index (χ4n) is 4.72. The van der Waals surface area contributed by atoms with Gasteiger partial charge in [0.2, 0.25) is 0 Å². The number of allylic oxidation sites excluding steroid dienone is 1. The van der Waals surface area contributed by atoms with E-state index in [1.165, 1.54) is 0 Å². The Labute approximate surface area is 209 Å². The number of alkyl halides is 1. The molecule has 0 saturated carbocycles. The zero-order valence-electron chi connectivity index (χ0n) is 19.7. The Kier molecular flexibility index (Phi) is 5.84. The van der Waals surface area contributed by atoms with Crippen molar-refractivity contribution in [2.24, 2.45) is 0 Å². The summed E-state index contributed by atoms with van der Waals surface area (Å²) in [5.74, 6) is 0.817. The summed E-state index contributed by atoms with van der Waals surface area (Å²) in [7, 11) is 7.56. The first-order valence-corrected chi connectivity index (χ1v) is 12.0. The first kappa shape index (κ1) is 22.5. The second kappa shape index (κ2) is 8.82. The van der Waals surface area contributed by atoms with Crippen LogP contribution in [0.1, 0.15) is 11.1 Å². The van der Waals surface area contributed by atoms with Crippen molar-refractivity contribution in [3.63, 3.8) is 0 Å². The van der Waals surface area contributed by atoms with Crippen molar-refractivity contribution in [3.8, 4) is 5.75 Å². The highest BCUT2D eigenvalue weighted by Crippen LogP contribution is 2.56. The molecule has 1 atom stereocenters. The van der Waals surface area contributed by atoms with E-state index in [9.17, 15) is 0 Å². The van der Waals surface area contributed by atoms with E-state index in [2.05, 4.69) is 92.5 Å². The van der Waals surface area contributed by atoms with Crippen molar-refractivity contribution < 1.29 is 9.47 Å². The minimum absolute atomic E-state index is 0.817. The van der Waals surface area contributed by atoms with Crippen LogP contribution in [0, 0.1) is 0 Å². The third-order valence-corrected chi connectivity index (χ3v) is 7.26. The lowest BCUT2D eigenvalue weighted by molar-refractivity contribution is 0.145. The van der Waals surface area contributed by atoms with Crippen LogP contribution in [0.2, 0.25) is 0 Å². The van der Waals surface area contributed by atoms with Crippen molar-refractivity contribution in [3.05, 3.63) is 119 Å². The normalized spacial score (nSPS) is 19.1. The number of halogens is 1. The van der Waals surface area contributed by atoms with Gasteiger partial charge in [0.25, 0.3) is 0 Å². The fourth-order valence-corrected chi connectivity index (χ4v) is 5.35. The quantitative estimate of drug-likeness (QED) is 0.352. The standard InChI is InChI=1S/C29H27BrN2O2/c1-31(2)22-18-24-28(29(30,19-22)34-4)26(20-12-7-5-8-13-20)27-23(16-11-17-25(27)33-3)32(24)21-14-9-6-10-15-21/h5-19H,1-4H3. The van der Waals surface area contributed by atoms with Gasteiger partial charge >= 0.3 is 0 Å². The monoisotopic (exact) mass is 514 g/mol. The van der Waals surface area contributed by atoms with Crippen LogP contribution in [-0.2, 0) is 4.74 Å². The molecule has 1 aliphatic heterocycles. The zero-order valence-corrected chi connectivity index (χ0v) is 21.3. The predicted octanol–water partition coefficient (Wildman–Crippen LogP) is 6.73. The van der Waals surface area contributed by atoms with Gasteiger partial charge in [-0.05, 0) is 57.9 Å². The van der Waals surface area contributed by atoms with Gasteiger partial charge in [-0.15, -0.1) is 0 Å². The van der Waals surface area contributed by atoms with E-state index in [1.54, 1.807) is 14.2 Å². The Balaban J connectivity index is 1.95. The largest absolute Gasteiger partial charge is 0.496 e. The van der Waals surface area contributed by atoms with E-state index >= 15 is 0 Å². The van der Waals surface area contributed by atoms with Crippen LogP contribution in [-0.4, -0.2) is 37.7 Å². The average Bonchev–Trinajstić information content (AvgIpc) is 2.87. The third-order valence-electron chi connectivity index (χ3n) is 6.31. The molecule has 0 spiro atoms. The van der Waals surface area contributed by atoms with Gasteiger partial charge < -0.3 is 19.3 Å². The molecule has 34 heavy (non-hydrogen) atoms. The summed E-state index contributed by atoms with van der Waals surface area (Å²) in [5, 5.41) is 0. The number of anilines is 2. The van der Waals surface area contributed by atoms with Crippen LogP contribution >= 0.6 is 15.9 Å². The minimum atomic E-state index is -0.840. The first-order valence-electron chi connectivity index (χ1n) is 11.2. The molecular weight excluding hydrogens is 488 g/mol. The molecule has 1 heterocycles. The number of nitrogens with zero attached hydrogens (tertiary/aromatic N) is 2. The highest BCUT2D eigenvalue weighted by atomic mass is 79.9. The molecule has 0 radical (unpaired) electrons. The van der Waals surface area contributed by atoms with E-state index in [0.717, 1.165) is 50.8 Å². The van der Waals surface area contributed by atoms with Crippen LogP contribution in [0.3, 0.4) is 0 Å². The number of hydrogen-bond acceptors (Lipinski definition) is 4. The zero-order chi connectivity index (χ0) is 23.9. The number of benzene rings is 3. The molecule has 2 aliphatic rings. The van der Waals surface area contributed by atoms with E-state index in [4.69, 9.17) is 9.47 Å². The molecule has 0 amide bonds. The Bertz CT molecular complexity index is 1310. The molecule has 3 aromatic rings. The molecule has 172 valence electrons. The van der Waals surface area contributed by atoms with Crippen LogP contribution in [0.15, 0.2) is 108 Å². The van der Waals surface area contributed by atoms with Crippen LogP contribution in [0.5, 0.6) is 5.75 Å². The molecular formula is C29H27BrN2O2. The van der Waals surface area contributed by atoms with Gasteiger partial charge in [0, 0.05) is 49.3 Å². The van der Waals surface area contributed by atoms with E-state index in [0.29, 0.717) is 0 Å². The molecule has 4 nitrogen and oxygen atoms in total. The summed E-state index contributed by atoms with van der Waals surface area (Å²) in [4.78, 5) is 4.40. The highest BCUT2D eigenvalue weighted by Gasteiger charge is 2.44. The molecule has 0 saturated heterocycles. The van der Waals surface area contributed by atoms with Crippen molar-refractivity contribution in [2.75, 3.05) is 33.2 Å². The number of methoxy groups -OCH3 is 2. The van der Waals surface area contributed by atoms with Gasteiger partial charge in [-0.3, -0.25) is 0 Å². The summed E-state index contributed by atoms with van der Waals surface area (Å²) < 4.78 is 11.3. The third kappa shape index (κ3) is 3.56. The lowest BCUT2D eigenvalue weighted by Crippen LogP contribution is -2.38. The van der Waals surface area contributed by atoms with Crippen LogP contribution in [0.4, 0.5) is 11.4 Å². The van der Waals surface area contributed by atoms with Crippen molar-refractivity contribution in [2.45, 2.75) is 4.51 Å². The topological polar surface area (TPSA) is 24.9 Å². The lowest BCUT2D eigenvalue weighted by Gasteiger charge is -2.44. The van der Waals surface area contributed by atoms with Gasteiger partial charge in [0.05, 0.1) is 18.5 Å². The maximum absolute atomic E-state index is 6.20. The fraction of sp³-hybridized carbons (Fsp3) is 0.172. The summed E-state index contributed by atoms with van der Waals surface area (Å²) in [6.07, 6.45) is 4.35. The second-order valence-electron chi connectivity index (χ2n) is 8.48. The Morgan fingerprint density at radius 2 is 1.53 bits per heavy atom. The number of likely N-dealkylation sites (N-methyl/N-ethyl adjacent to an activating group) is 1. The van der Waals surface area contributed by atoms with Gasteiger partial charge in [0.1, 0.15) is 5.75 Å². The van der Waals surface area contributed by atoms with E-state index in [-0.39, 0.29) is 0 Å². The molecule has 5 heteroatoms. The molecule has 0 N–H and O–H groups in total. The molecule has 3 aromatic carbocycles. The van der Waals surface area contributed by atoms with Crippen LogP contribution < -0.4 is 9.64 Å². The van der Waals surface area contributed by atoms with E-state index in [1.807, 2.05) is 38.4 Å². The average molecular weight is 515 g/mol. The summed E-state index contributed by atoms with van der Waals surface area (Å²) in [5.41, 5.74) is 8.49. The lowest BCUT2D eigenvalue weighted by atomic mass is 9.81. The maximum Gasteiger partial charge on any atom is 0.171 e. The van der Waals surface area contributed by atoms with Gasteiger partial charge in [-0.1, -0.05) is 54.6 Å². The van der Waals surface area contributed by atoms with Crippen molar-refractivity contribution in [1.29, 1.82) is 0 Å². The first-order chi connectivity index (χ1) is 16.5. The maximum atomic E-state index is 6.20. The van der Waals surface area contributed by atoms with Gasteiger partial charge in [0.15, 0.2) is 4.51 Å². The number of hydrogen-bond donors (Lipinski definition) is 0. The highest BCUT2D eigenvalue weighted by molar-refractivity contribution is 9.10. The second-order valence-corrected chi connectivity index (χ2v) is 9.66.